The van der Waals surface area contributed by atoms with Gasteiger partial charge in [0.1, 0.15) is 5.82 Å². The SMILES string of the molecule is Cc1ccccc1CNC(=O)c1ccc(F)c(N)c1. The number of anilines is 1. The Morgan fingerprint density at radius 3 is 2.68 bits per heavy atom. The number of halogens is 1. The van der Waals surface area contributed by atoms with Crippen molar-refractivity contribution in [2.75, 3.05) is 5.73 Å². The van der Waals surface area contributed by atoms with Crippen LogP contribution in [0, 0.1) is 12.7 Å². The summed E-state index contributed by atoms with van der Waals surface area (Å²) in [6, 6.07) is 11.7. The van der Waals surface area contributed by atoms with Crippen LogP contribution >= 0.6 is 0 Å². The Hall–Kier alpha value is -2.36. The molecule has 98 valence electrons. The van der Waals surface area contributed by atoms with Gasteiger partial charge in [-0.3, -0.25) is 4.79 Å². The van der Waals surface area contributed by atoms with Crippen molar-refractivity contribution in [1.29, 1.82) is 0 Å². The quantitative estimate of drug-likeness (QED) is 0.831. The van der Waals surface area contributed by atoms with Gasteiger partial charge in [-0.2, -0.15) is 0 Å². The van der Waals surface area contributed by atoms with Crippen molar-refractivity contribution in [3.8, 4) is 0 Å². The average Bonchev–Trinajstić information content (AvgIpc) is 2.40. The Morgan fingerprint density at radius 1 is 1.26 bits per heavy atom. The zero-order chi connectivity index (χ0) is 13.8. The fourth-order valence-corrected chi connectivity index (χ4v) is 1.77. The van der Waals surface area contributed by atoms with E-state index in [1.54, 1.807) is 0 Å². The van der Waals surface area contributed by atoms with Gasteiger partial charge in [0.15, 0.2) is 0 Å². The monoisotopic (exact) mass is 258 g/mol. The molecular formula is C15H15FN2O. The molecule has 2 rings (SSSR count). The maximum atomic E-state index is 13.0. The lowest BCUT2D eigenvalue weighted by atomic mass is 10.1. The second-order valence-electron chi connectivity index (χ2n) is 4.35. The summed E-state index contributed by atoms with van der Waals surface area (Å²) in [7, 11) is 0. The van der Waals surface area contributed by atoms with Crippen LogP contribution in [0.3, 0.4) is 0 Å². The molecule has 0 atom stereocenters. The average molecular weight is 258 g/mol. The molecule has 3 N–H and O–H groups in total. The number of hydrogen-bond donors (Lipinski definition) is 2. The summed E-state index contributed by atoms with van der Waals surface area (Å²) in [5.41, 5.74) is 7.92. The highest BCUT2D eigenvalue weighted by molar-refractivity contribution is 5.95. The molecule has 0 aromatic heterocycles. The summed E-state index contributed by atoms with van der Waals surface area (Å²) in [6.07, 6.45) is 0. The van der Waals surface area contributed by atoms with E-state index in [9.17, 15) is 9.18 Å². The van der Waals surface area contributed by atoms with Gasteiger partial charge in [0.05, 0.1) is 5.69 Å². The Balaban J connectivity index is 2.05. The van der Waals surface area contributed by atoms with Crippen LogP contribution in [0.4, 0.5) is 10.1 Å². The fourth-order valence-electron chi connectivity index (χ4n) is 1.77. The van der Waals surface area contributed by atoms with Gasteiger partial charge < -0.3 is 11.1 Å². The molecule has 0 unspecified atom stereocenters. The molecule has 3 nitrogen and oxygen atoms in total. The normalized spacial score (nSPS) is 10.2. The Morgan fingerprint density at radius 2 is 2.00 bits per heavy atom. The van der Waals surface area contributed by atoms with Crippen LogP contribution in [0.5, 0.6) is 0 Å². The van der Waals surface area contributed by atoms with E-state index in [0.717, 1.165) is 11.1 Å². The van der Waals surface area contributed by atoms with Crippen molar-refractivity contribution in [2.24, 2.45) is 0 Å². The maximum absolute atomic E-state index is 13.0. The van der Waals surface area contributed by atoms with Crippen molar-refractivity contribution < 1.29 is 9.18 Å². The number of hydrogen-bond acceptors (Lipinski definition) is 2. The molecule has 0 aliphatic carbocycles. The van der Waals surface area contributed by atoms with E-state index in [1.807, 2.05) is 31.2 Å². The first-order chi connectivity index (χ1) is 9.08. The zero-order valence-electron chi connectivity index (χ0n) is 10.6. The molecule has 2 aromatic rings. The standard InChI is InChI=1S/C15H15FN2O/c1-10-4-2-3-5-12(10)9-18-15(19)11-6-7-13(16)14(17)8-11/h2-8H,9,17H2,1H3,(H,18,19). The second kappa shape index (κ2) is 5.52. The first kappa shape index (κ1) is 13.1. The minimum atomic E-state index is -0.518. The van der Waals surface area contributed by atoms with E-state index in [1.165, 1.54) is 18.2 Å². The highest BCUT2D eigenvalue weighted by Gasteiger charge is 2.08. The number of carbonyl (C=O) groups excluding carboxylic acids is 1. The highest BCUT2D eigenvalue weighted by atomic mass is 19.1. The summed E-state index contributed by atoms with van der Waals surface area (Å²) in [4.78, 5) is 11.9. The molecule has 0 saturated heterocycles. The molecule has 0 bridgehead atoms. The number of amides is 1. The number of nitrogens with one attached hydrogen (secondary N) is 1. The van der Waals surface area contributed by atoms with Crippen LogP contribution in [-0.2, 0) is 6.54 Å². The molecule has 4 heteroatoms. The summed E-state index contributed by atoms with van der Waals surface area (Å²) in [6.45, 7) is 2.42. The lowest BCUT2D eigenvalue weighted by Gasteiger charge is -2.08. The lowest BCUT2D eigenvalue weighted by molar-refractivity contribution is 0.0951. The second-order valence-corrected chi connectivity index (χ2v) is 4.35. The Bertz CT molecular complexity index is 611. The van der Waals surface area contributed by atoms with E-state index in [-0.39, 0.29) is 11.6 Å². The van der Waals surface area contributed by atoms with Crippen molar-refractivity contribution in [3.05, 3.63) is 65.0 Å². The smallest absolute Gasteiger partial charge is 0.251 e. The van der Waals surface area contributed by atoms with Gasteiger partial charge in [-0.25, -0.2) is 4.39 Å². The van der Waals surface area contributed by atoms with E-state index in [2.05, 4.69) is 5.32 Å². The summed E-state index contributed by atoms with van der Waals surface area (Å²) in [5.74, 6) is -0.787. The van der Waals surface area contributed by atoms with Crippen LogP contribution in [0.2, 0.25) is 0 Å². The predicted molar refractivity (Wildman–Crippen MR) is 73.2 cm³/mol. The van der Waals surface area contributed by atoms with Crippen LogP contribution < -0.4 is 11.1 Å². The zero-order valence-corrected chi connectivity index (χ0v) is 10.6. The summed E-state index contributed by atoms with van der Waals surface area (Å²) < 4.78 is 13.0. The number of aryl methyl sites for hydroxylation is 1. The van der Waals surface area contributed by atoms with Crippen molar-refractivity contribution >= 4 is 11.6 Å². The first-order valence-corrected chi connectivity index (χ1v) is 5.95. The molecular weight excluding hydrogens is 243 g/mol. The molecule has 0 aliphatic heterocycles. The Labute approximate surface area is 111 Å². The fraction of sp³-hybridized carbons (Fsp3) is 0.133. The van der Waals surface area contributed by atoms with Crippen LogP contribution in [0.1, 0.15) is 21.5 Å². The van der Waals surface area contributed by atoms with Crippen LogP contribution in [0.25, 0.3) is 0 Å². The van der Waals surface area contributed by atoms with Crippen molar-refractivity contribution in [2.45, 2.75) is 13.5 Å². The molecule has 0 fully saturated rings. The highest BCUT2D eigenvalue weighted by Crippen LogP contribution is 2.12. The molecule has 2 aromatic carbocycles. The topological polar surface area (TPSA) is 55.1 Å². The third-order valence-corrected chi connectivity index (χ3v) is 2.96. The lowest BCUT2D eigenvalue weighted by Crippen LogP contribution is -2.23. The third kappa shape index (κ3) is 3.10. The maximum Gasteiger partial charge on any atom is 0.251 e. The van der Waals surface area contributed by atoms with Gasteiger partial charge in [-0.15, -0.1) is 0 Å². The number of nitrogens with two attached hydrogens (primary N) is 1. The van der Waals surface area contributed by atoms with Gasteiger partial charge in [-0.1, -0.05) is 24.3 Å². The largest absolute Gasteiger partial charge is 0.396 e. The molecule has 0 saturated carbocycles. The van der Waals surface area contributed by atoms with Crippen molar-refractivity contribution in [1.82, 2.24) is 5.32 Å². The van der Waals surface area contributed by atoms with E-state index in [4.69, 9.17) is 5.73 Å². The molecule has 0 radical (unpaired) electrons. The molecule has 19 heavy (non-hydrogen) atoms. The van der Waals surface area contributed by atoms with Gasteiger partial charge in [0, 0.05) is 12.1 Å². The number of benzene rings is 2. The van der Waals surface area contributed by atoms with Crippen LogP contribution in [0.15, 0.2) is 42.5 Å². The minimum absolute atomic E-state index is 0.0245. The van der Waals surface area contributed by atoms with E-state index < -0.39 is 5.82 Å². The number of nitrogen functional groups attached to an aromatic ring is 1. The molecule has 1 amide bonds. The summed E-state index contributed by atoms with van der Waals surface area (Å²) >= 11 is 0. The molecule has 0 aliphatic rings. The van der Waals surface area contributed by atoms with Gasteiger partial charge in [0.25, 0.3) is 5.91 Å². The number of carbonyl (C=O) groups is 1. The van der Waals surface area contributed by atoms with Gasteiger partial charge >= 0.3 is 0 Å². The van der Waals surface area contributed by atoms with Crippen molar-refractivity contribution in [3.63, 3.8) is 0 Å². The van der Waals surface area contributed by atoms with E-state index in [0.29, 0.717) is 12.1 Å². The van der Waals surface area contributed by atoms with Gasteiger partial charge in [-0.05, 0) is 36.2 Å². The first-order valence-electron chi connectivity index (χ1n) is 5.95. The van der Waals surface area contributed by atoms with Crippen LogP contribution in [-0.4, -0.2) is 5.91 Å². The third-order valence-electron chi connectivity index (χ3n) is 2.96. The van der Waals surface area contributed by atoms with E-state index >= 15 is 0 Å². The minimum Gasteiger partial charge on any atom is -0.396 e. The molecule has 0 heterocycles. The predicted octanol–water partition coefficient (Wildman–Crippen LogP) is 2.65. The molecule has 0 spiro atoms. The number of rotatable bonds is 3. The Kier molecular flexibility index (Phi) is 3.80. The summed E-state index contributed by atoms with van der Waals surface area (Å²) in [5, 5.41) is 2.79. The van der Waals surface area contributed by atoms with Gasteiger partial charge in [0.2, 0.25) is 0 Å².